The van der Waals surface area contributed by atoms with Crippen molar-refractivity contribution < 1.29 is 54.3 Å². The zero-order chi connectivity index (χ0) is 77.7. The van der Waals surface area contributed by atoms with Gasteiger partial charge < -0.3 is 45.9 Å². The maximum atomic E-state index is 7.22. The van der Waals surface area contributed by atoms with Crippen molar-refractivity contribution in [3.8, 4) is 114 Å². The molecule has 0 unspecified atom stereocenters. The van der Waals surface area contributed by atoms with Crippen molar-refractivity contribution in [3.63, 3.8) is 0 Å². The van der Waals surface area contributed by atoms with Crippen molar-refractivity contribution in [2.45, 2.75) is 51.4 Å². The second-order valence-electron chi connectivity index (χ2n) is 27.8. The van der Waals surface area contributed by atoms with Gasteiger partial charge in [-0.3, -0.25) is 38.1 Å². The van der Waals surface area contributed by atoms with Gasteiger partial charge in [-0.2, -0.15) is 9.72 Å². The van der Waals surface area contributed by atoms with E-state index in [1.54, 1.807) is 0 Å². The average molecular weight is 1650 g/mol. The second-order valence-corrected chi connectivity index (χ2v) is 40.2. The van der Waals surface area contributed by atoms with Gasteiger partial charge in [0.25, 0.3) is 16.0 Å². The Labute approximate surface area is 675 Å². The summed E-state index contributed by atoms with van der Waals surface area (Å²) in [7, 11) is -24.4. The molecule has 13 heterocycles. The summed E-state index contributed by atoms with van der Waals surface area (Å²) in [4.78, 5) is 41.3. The van der Waals surface area contributed by atoms with E-state index in [9.17, 15) is 0 Å². The number of hydrogen-bond donors (Lipinski definition) is 0. The molecule has 13 aliphatic heterocycles. The summed E-state index contributed by atoms with van der Waals surface area (Å²) in [6, 6.07) is 92.2. The summed E-state index contributed by atoms with van der Waals surface area (Å²) >= 11 is 0. The van der Waals surface area contributed by atoms with Gasteiger partial charge >= 0.3 is 31.4 Å². The quantitative estimate of drug-likeness (QED) is 0.129. The number of benzene rings is 12. The Hall–Kier alpha value is -11.1. The minimum Gasteiger partial charge on any atom is -0.438 e. The largest absolute Gasteiger partial charge is 0.456 e. The van der Waals surface area contributed by atoms with Crippen LogP contribution in [0.2, 0.25) is 0 Å². The van der Waals surface area contributed by atoms with Crippen LogP contribution in [-0.4, -0.2) is 51.0 Å². The van der Waals surface area contributed by atoms with Crippen molar-refractivity contribution in [3.05, 3.63) is 333 Å². The molecule has 0 aliphatic carbocycles. The summed E-state index contributed by atoms with van der Waals surface area (Å²) < 4.78 is 96.9. The fourth-order valence-electron chi connectivity index (χ4n) is 13.9. The topological polar surface area (TPSA) is 241 Å². The molecule has 28 heteroatoms. The van der Waals surface area contributed by atoms with Crippen LogP contribution < -0.4 is 54.3 Å². The Bertz CT molecular complexity index is 5210. The summed E-state index contributed by atoms with van der Waals surface area (Å²) in [6.45, 7) is 2.56. The Morgan fingerprint density at radius 2 is 0.431 bits per heavy atom. The minimum atomic E-state index is -4.14. The normalized spacial score (nSPS) is 20.0. The lowest BCUT2D eigenvalue weighted by atomic mass is 10.0. The van der Waals surface area contributed by atoms with Gasteiger partial charge in [-0.05, 0) is 203 Å². The van der Waals surface area contributed by atoms with Crippen molar-refractivity contribution in [2.24, 2.45) is 29.0 Å². The van der Waals surface area contributed by atoms with E-state index in [-0.39, 0.29) is 0 Å². The van der Waals surface area contributed by atoms with Crippen LogP contribution in [0, 0.1) is 0 Å². The van der Waals surface area contributed by atoms with Gasteiger partial charge in [0.05, 0.1) is 0 Å². The summed E-state index contributed by atoms with van der Waals surface area (Å²) in [5.41, 5.74) is 9.82. The molecule has 580 valence electrons. The molecule has 0 radical (unpaired) electrons. The van der Waals surface area contributed by atoms with Crippen LogP contribution in [0.25, 0.3) is 63.9 Å². The van der Waals surface area contributed by atoms with E-state index in [2.05, 4.69) is 0 Å². The molecule has 22 nitrogen and oxygen atoms in total. The molecule has 12 aromatic rings. The van der Waals surface area contributed by atoms with Crippen molar-refractivity contribution >= 4 is 72.2 Å². The second kappa shape index (κ2) is 32.9. The molecule has 13 aliphatic rings. The van der Waals surface area contributed by atoms with E-state index in [0.717, 1.165) is 118 Å². The van der Waals surface area contributed by atoms with Gasteiger partial charge in [0.1, 0.15) is 23.0 Å². The van der Waals surface area contributed by atoms with Gasteiger partial charge in [0.15, 0.2) is 46.0 Å². The average Bonchev–Trinajstić information content (AvgIpc) is 1.37. The number of fused-ring (bicyclic) bond motifs is 12. The first-order valence-electron chi connectivity index (χ1n) is 38.4. The van der Waals surface area contributed by atoms with Crippen LogP contribution in [0.4, 0.5) is 0 Å². The van der Waals surface area contributed by atoms with E-state index < -0.39 is 47.4 Å². The number of aliphatic imine (C=N–C) groups is 4. The maximum absolute atomic E-state index is 7.22. The minimum absolute atomic E-state index is 0.404. The number of rotatable bonds is 0. The van der Waals surface area contributed by atoms with Gasteiger partial charge in [-0.25, -0.2) is 0 Å². The highest BCUT2D eigenvalue weighted by Gasteiger charge is 2.61. The maximum Gasteiger partial charge on any atom is 0.456 e. The highest BCUT2D eigenvalue weighted by Crippen LogP contribution is 2.98. The van der Waals surface area contributed by atoms with Gasteiger partial charge in [-0.1, -0.05) is 171 Å². The molecule has 0 saturated heterocycles. The molecule has 0 fully saturated rings. The Morgan fingerprint density at radius 1 is 0.224 bits per heavy atom. The first kappa shape index (κ1) is 75.0. The molecular weight excluding hydrogens is 1570 g/mol. The van der Waals surface area contributed by atoms with E-state index in [4.69, 9.17) is 103 Å². The number of para-hydroxylation sites is 8. The standard InChI is InChI=1S/C88H76N10O12P6/c1-2-22-58-90-62-66-43-51-70(52-44-66)100-112(95-115(107-85-37-17-9-29-77(85)78-30-10-18-38-86(78)108-115)98-116(96-112)109-87-39-19-11-31-79(87)80-32-12-20-40-88(80)110-116)102-72-55-47-68(48-56-72)64-92-60-24-4-3-23-59-91-63-67-45-53-71(54-46-67)101-111(99-69-49-41-65(42-50-69)61-89-57-21-1)93-113(103-81-33-13-5-25-73(81)74-26-6-14-34-82(74)104-113)97-114(94-111)105-83-35-15-7-27-75(83)76-28-8-16-36-84(76)106-114/h5-20,25-56,61-64H,1-4,21-24,57-60H2. The van der Waals surface area contributed by atoms with E-state index >= 15 is 0 Å². The molecular formula is C88H76N10O12P6. The number of nitrogens with zero attached hydrogens (tertiary/aromatic N) is 10. The van der Waals surface area contributed by atoms with Gasteiger partial charge in [0, 0.05) is 95.5 Å². The summed E-state index contributed by atoms with van der Waals surface area (Å²) in [5, 5.41) is 0. The zero-order valence-electron chi connectivity index (χ0n) is 62.6. The monoisotopic (exact) mass is 1650 g/mol. The Morgan fingerprint density at radius 3 is 0.664 bits per heavy atom. The lowest BCUT2D eigenvalue weighted by Crippen LogP contribution is -2.18. The third-order valence-corrected chi connectivity index (χ3v) is 35.5. The predicted octanol–water partition coefficient (Wildman–Crippen LogP) is 27.8. The van der Waals surface area contributed by atoms with Crippen molar-refractivity contribution in [1.82, 2.24) is 0 Å². The first-order valence-corrected chi connectivity index (χ1v) is 47.6. The fraction of sp³-hybridized carbons (Fsp3) is 0.136. The highest BCUT2D eigenvalue weighted by atomic mass is 31.3. The third-order valence-electron chi connectivity index (χ3n) is 19.4. The molecule has 6 spiro atoms. The van der Waals surface area contributed by atoms with E-state index in [0.29, 0.717) is 95.2 Å². The predicted molar refractivity (Wildman–Crippen MR) is 467 cm³/mol. The molecule has 0 saturated carbocycles. The number of hydrogen-bond acceptors (Lipinski definition) is 18. The van der Waals surface area contributed by atoms with Crippen LogP contribution in [0.3, 0.4) is 0 Å². The van der Waals surface area contributed by atoms with Crippen LogP contribution >= 0.6 is 47.4 Å². The molecule has 116 heavy (non-hydrogen) atoms. The molecule has 8 bridgehead atoms. The lowest BCUT2D eigenvalue weighted by molar-refractivity contribution is 0.449. The smallest absolute Gasteiger partial charge is 0.438 e. The van der Waals surface area contributed by atoms with Crippen LogP contribution in [0.5, 0.6) is 69.0 Å². The van der Waals surface area contributed by atoms with E-state index in [1.807, 2.05) is 316 Å². The summed E-state index contributed by atoms with van der Waals surface area (Å²) in [6.07, 6.45) is 15.0. The molecule has 12 aromatic carbocycles. The fourth-order valence-corrected chi connectivity index (χ4v) is 32.2. The first-order chi connectivity index (χ1) is 57.1. The van der Waals surface area contributed by atoms with E-state index in [1.165, 1.54) is 0 Å². The molecule has 0 atom stereocenters. The molecule has 0 amide bonds. The van der Waals surface area contributed by atoms with Crippen LogP contribution in [0.15, 0.2) is 320 Å². The lowest BCUT2D eigenvalue weighted by Gasteiger charge is -2.48. The van der Waals surface area contributed by atoms with Crippen LogP contribution in [0.1, 0.15) is 73.6 Å². The van der Waals surface area contributed by atoms with Gasteiger partial charge in [0.2, 0.25) is 0 Å². The van der Waals surface area contributed by atoms with Crippen LogP contribution in [-0.2, 0) is 0 Å². The molecule has 0 N–H and O–H groups in total. The SMILES string of the molecule is C1=NCCCCCCN=Cc2ccc(cc2)O[P+]2([N-]P3(=N[P+]4([N-]2)Oc2ccccc2-c2ccccc2O4)Oc2ccccc2-c2ccccc2O3)Oc2ccc(cc2)C=NCCCCCCN=Cc2ccc(cc2)O[P+]2([N-]P3(=N[P+]4([N-]2)Oc2ccccc2-c2ccccc2O4)Oc2ccccc2-c2ccccc2O3)Oc2ccc1cc2. The Kier molecular flexibility index (Phi) is 21.3. The highest BCUT2D eigenvalue weighted by molar-refractivity contribution is 8.00. The summed E-state index contributed by atoms with van der Waals surface area (Å²) in [5.74, 6) is 5.57. The zero-order valence-corrected chi connectivity index (χ0v) is 67.9. The third kappa shape index (κ3) is 16.5. The van der Waals surface area contributed by atoms with Crippen molar-refractivity contribution in [1.29, 1.82) is 0 Å². The molecule has 0 aromatic heterocycles. The molecule has 25 rings (SSSR count). The Balaban J connectivity index is 0.598. The van der Waals surface area contributed by atoms with Crippen molar-refractivity contribution in [2.75, 3.05) is 26.2 Å². The van der Waals surface area contributed by atoms with Gasteiger partial charge in [-0.15, -0.1) is 0 Å².